The summed E-state index contributed by atoms with van der Waals surface area (Å²) in [7, 11) is 0. The molecule has 1 saturated heterocycles. The third-order valence-corrected chi connectivity index (χ3v) is 5.17. The lowest BCUT2D eigenvalue weighted by molar-refractivity contribution is -0.186. The molecular formula is C20H25F3N4O. The van der Waals surface area contributed by atoms with Gasteiger partial charge in [-0.2, -0.15) is 18.3 Å². The van der Waals surface area contributed by atoms with Gasteiger partial charge in [-0.1, -0.05) is 17.7 Å². The highest BCUT2D eigenvalue weighted by atomic mass is 19.4. The van der Waals surface area contributed by atoms with Crippen LogP contribution < -0.4 is 5.32 Å². The number of rotatable bonds is 4. The van der Waals surface area contributed by atoms with E-state index in [1.165, 1.54) is 0 Å². The monoisotopic (exact) mass is 394 g/mol. The zero-order chi connectivity index (χ0) is 20.5. The first-order valence-electron chi connectivity index (χ1n) is 9.37. The Kier molecular flexibility index (Phi) is 5.79. The number of benzene rings is 1. The van der Waals surface area contributed by atoms with E-state index in [-0.39, 0.29) is 25.4 Å². The smallest absolute Gasteiger partial charge is 0.322 e. The van der Waals surface area contributed by atoms with E-state index in [2.05, 4.69) is 10.4 Å². The Labute approximate surface area is 162 Å². The van der Waals surface area contributed by atoms with Crippen molar-refractivity contribution in [2.45, 2.75) is 39.8 Å². The number of amides is 1. The Bertz CT molecular complexity index is 842. The predicted molar refractivity (Wildman–Crippen MR) is 102 cm³/mol. The minimum Gasteiger partial charge on any atom is -0.322 e. The van der Waals surface area contributed by atoms with E-state index in [0.717, 1.165) is 16.9 Å². The van der Waals surface area contributed by atoms with Crippen LogP contribution in [0.4, 0.5) is 18.9 Å². The molecule has 0 radical (unpaired) electrons. The van der Waals surface area contributed by atoms with Gasteiger partial charge in [0.2, 0.25) is 5.91 Å². The van der Waals surface area contributed by atoms with Gasteiger partial charge in [0.15, 0.2) is 0 Å². The van der Waals surface area contributed by atoms with Crippen LogP contribution in [0.5, 0.6) is 0 Å². The number of nitrogens with zero attached hydrogens (tertiary/aromatic N) is 3. The molecule has 2 heterocycles. The molecule has 1 N–H and O–H groups in total. The van der Waals surface area contributed by atoms with Crippen LogP contribution in [0.15, 0.2) is 24.3 Å². The van der Waals surface area contributed by atoms with Gasteiger partial charge in [-0.3, -0.25) is 9.69 Å². The average Bonchev–Trinajstić information content (AvgIpc) is 2.90. The van der Waals surface area contributed by atoms with Crippen molar-refractivity contribution in [1.82, 2.24) is 14.7 Å². The first-order valence-corrected chi connectivity index (χ1v) is 9.37. The Hall–Kier alpha value is -2.35. The van der Waals surface area contributed by atoms with E-state index >= 15 is 0 Å². The molecule has 2 aromatic rings. The van der Waals surface area contributed by atoms with Crippen LogP contribution in [0.25, 0.3) is 5.69 Å². The highest BCUT2D eigenvalue weighted by Gasteiger charge is 2.41. The third-order valence-electron chi connectivity index (χ3n) is 5.17. The van der Waals surface area contributed by atoms with Gasteiger partial charge in [-0.05, 0) is 52.3 Å². The number of anilines is 1. The number of aromatic nitrogens is 2. The second-order valence-electron chi connectivity index (χ2n) is 7.46. The van der Waals surface area contributed by atoms with Crippen LogP contribution >= 0.6 is 0 Å². The van der Waals surface area contributed by atoms with E-state index in [0.29, 0.717) is 24.3 Å². The number of carbonyl (C=O) groups is 1. The summed E-state index contributed by atoms with van der Waals surface area (Å²) in [6, 6.07) is 7.87. The van der Waals surface area contributed by atoms with Crippen LogP contribution in [0.2, 0.25) is 0 Å². The molecule has 1 atom stereocenters. The normalized spacial score (nSPS) is 18.3. The summed E-state index contributed by atoms with van der Waals surface area (Å²) in [4.78, 5) is 14.0. The molecule has 0 aliphatic carbocycles. The van der Waals surface area contributed by atoms with Gasteiger partial charge in [0, 0.05) is 6.54 Å². The van der Waals surface area contributed by atoms with Crippen molar-refractivity contribution < 1.29 is 18.0 Å². The van der Waals surface area contributed by atoms with Crippen LogP contribution in [-0.4, -0.2) is 46.4 Å². The highest BCUT2D eigenvalue weighted by molar-refractivity contribution is 5.93. The maximum absolute atomic E-state index is 13.0. The number of alkyl halides is 3. The standard InChI is InChI=1S/C20H25F3N4O/c1-13-6-8-17(9-7-13)27-15(3)19(14(2)25-27)24-18(28)12-26-10-4-5-16(11-26)20(21,22)23/h6-9,16H,4-5,10-12H2,1-3H3,(H,24,28). The fourth-order valence-corrected chi connectivity index (χ4v) is 3.61. The summed E-state index contributed by atoms with van der Waals surface area (Å²) in [5.74, 6) is -1.68. The fourth-order valence-electron chi connectivity index (χ4n) is 3.61. The van der Waals surface area contributed by atoms with E-state index in [1.807, 2.05) is 38.1 Å². The van der Waals surface area contributed by atoms with Crippen molar-refractivity contribution in [1.29, 1.82) is 0 Å². The van der Waals surface area contributed by atoms with Crippen molar-refractivity contribution in [3.63, 3.8) is 0 Å². The summed E-state index contributed by atoms with van der Waals surface area (Å²) in [6.07, 6.45) is -3.64. The molecule has 1 aromatic heterocycles. The highest BCUT2D eigenvalue weighted by Crippen LogP contribution is 2.33. The molecular weight excluding hydrogens is 369 g/mol. The number of halogens is 3. The summed E-state index contributed by atoms with van der Waals surface area (Å²) >= 11 is 0. The van der Waals surface area contributed by atoms with Crippen molar-refractivity contribution >= 4 is 11.6 Å². The fraction of sp³-hybridized carbons (Fsp3) is 0.500. The van der Waals surface area contributed by atoms with Crippen molar-refractivity contribution in [2.75, 3.05) is 25.0 Å². The molecule has 1 aromatic carbocycles. The van der Waals surface area contributed by atoms with E-state index in [1.54, 1.807) is 16.5 Å². The molecule has 1 aliphatic heterocycles. The summed E-state index contributed by atoms with van der Waals surface area (Å²) in [5, 5.41) is 7.33. The number of piperidine rings is 1. The quantitative estimate of drug-likeness (QED) is 0.853. The van der Waals surface area contributed by atoms with Gasteiger partial charge < -0.3 is 5.32 Å². The molecule has 0 spiro atoms. The van der Waals surface area contributed by atoms with Crippen LogP contribution in [-0.2, 0) is 4.79 Å². The molecule has 1 unspecified atom stereocenters. The molecule has 1 amide bonds. The average molecular weight is 394 g/mol. The number of hydrogen-bond donors (Lipinski definition) is 1. The molecule has 1 fully saturated rings. The third kappa shape index (κ3) is 4.55. The molecule has 5 nitrogen and oxygen atoms in total. The van der Waals surface area contributed by atoms with Crippen LogP contribution in [0.3, 0.4) is 0 Å². The van der Waals surface area contributed by atoms with Gasteiger partial charge in [0.05, 0.1) is 35.2 Å². The first-order chi connectivity index (χ1) is 13.1. The minimum atomic E-state index is -4.21. The van der Waals surface area contributed by atoms with E-state index in [4.69, 9.17) is 0 Å². The number of carbonyl (C=O) groups excluding carboxylic acids is 1. The van der Waals surface area contributed by atoms with Crippen LogP contribution in [0.1, 0.15) is 29.8 Å². The lowest BCUT2D eigenvalue weighted by atomic mass is 9.97. The van der Waals surface area contributed by atoms with Gasteiger partial charge in [-0.25, -0.2) is 4.68 Å². The van der Waals surface area contributed by atoms with E-state index in [9.17, 15) is 18.0 Å². The number of likely N-dealkylation sites (tertiary alicyclic amines) is 1. The maximum atomic E-state index is 13.0. The largest absolute Gasteiger partial charge is 0.393 e. The maximum Gasteiger partial charge on any atom is 0.393 e. The SMILES string of the molecule is Cc1ccc(-n2nc(C)c(NC(=O)CN3CCCC(C(F)(F)F)C3)c2C)cc1. The summed E-state index contributed by atoms with van der Waals surface area (Å²) in [5.41, 5.74) is 4.07. The Morgan fingerprint density at radius 3 is 2.54 bits per heavy atom. The Morgan fingerprint density at radius 1 is 1.21 bits per heavy atom. The zero-order valence-corrected chi connectivity index (χ0v) is 16.3. The summed E-state index contributed by atoms with van der Waals surface area (Å²) < 4.78 is 40.6. The molecule has 28 heavy (non-hydrogen) atoms. The molecule has 0 bridgehead atoms. The molecule has 8 heteroatoms. The first kappa shape index (κ1) is 20.4. The van der Waals surface area contributed by atoms with Crippen molar-refractivity contribution in [2.24, 2.45) is 5.92 Å². The van der Waals surface area contributed by atoms with Gasteiger partial charge in [0.25, 0.3) is 0 Å². The topological polar surface area (TPSA) is 50.2 Å². The minimum absolute atomic E-state index is 0.0544. The number of hydrogen-bond acceptors (Lipinski definition) is 3. The number of nitrogens with one attached hydrogen (secondary N) is 1. The van der Waals surface area contributed by atoms with E-state index < -0.39 is 12.1 Å². The van der Waals surface area contributed by atoms with Gasteiger partial charge in [0.1, 0.15) is 0 Å². The second-order valence-corrected chi connectivity index (χ2v) is 7.46. The second kappa shape index (κ2) is 7.95. The molecule has 3 rings (SSSR count). The van der Waals surface area contributed by atoms with Crippen molar-refractivity contribution in [3.05, 3.63) is 41.2 Å². The molecule has 0 saturated carbocycles. The molecule has 152 valence electrons. The van der Waals surface area contributed by atoms with Gasteiger partial charge >= 0.3 is 6.18 Å². The summed E-state index contributed by atoms with van der Waals surface area (Å²) in [6.45, 7) is 5.98. The van der Waals surface area contributed by atoms with Crippen molar-refractivity contribution in [3.8, 4) is 5.69 Å². The predicted octanol–water partition coefficient (Wildman–Crippen LogP) is 4.01. The zero-order valence-electron chi connectivity index (χ0n) is 16.3. The van der Waals surface area contributed by atoms with Crippen LogP contribution in [0, 0.1) is 26.7 Å². The molecule has 1 aliphatic rings. The Morgan fingerprint density at radius 2 is 1.89 bits per heavy atom. The number of aryl methyl sites for hydroxylation is 2. The lowest BCUT2D eigenvalue weighted by Gasteiger charge is -2.33. The lowest BCUT2D eigenvalue weighted by Crippen LogP contribution is -2.44. The Balaban J connectivity index is 1.68. The van der Waals surface area contributed by atoms with Gasteiger partial charge in [-0.15, -0.1) is 0 Å².